The van der Waals surface area contributed by atoms with Gasteiger partial charge < -0.3 is 5.32 Å². The van der Waals surface area contributed by atoms with Gasteiger partial charge in [0.2, 0.25) is 0 Å². The monoisotopic (exact) mass is 246 g/mol. The van der Waals surface area contributed by atoms with Crippen LogP contribution in [0.2, 0.25) is 0 Å². The van der Waals surface area contributed by atoms with E-state index in [4.69, 9.17) is 0 Å². The van der Waals surface area contributed by atoms with E-state index in [1.54, 1.807) is 0 Å². The third-order valence-electron chi connectivity index (χ3n) is 4.20. The quantitative estimate of drug-likeness (QED) is 0.859. The highest BCUT2D eigenvalue weighted by Crippen LogP contribution is 2.24. The van der Waals surface area contributed by atoms with Crippen LogP contribution in [-0.2, 0) is 6.54 Å². The fourth-order valence-electron chi connectivity index (χ4n) is 3.17. The molecule has 1 fully saturated rings. The van der Waals surface area contributed by atoms with Gasteiger partial charge in [-0.25, -0.2) is 0 Å². The lowest BCUT2D eigenvalue weighted by Gasteiger charge is -2.39. The molecule has 0 spiro atoms. The fraction of sp³-hybridized carbons (Fsp3) is 0.625. The van der Waals surface area contributed by atoms with Gasteiger partial charge in [0.25, 0.3) is 0 Å². The lowest BCUT2D eigenvalue weighted by atomic mass is 9.89. The zero-order valence-corrected chi connectivity index (χ0v) is 11.7. The van der Waals surface area contributed by atoms with Crippen LogP contribution in [0, 0.1) is 0 Å². The molecule has 2 atom stereocenters. The largest absolute Gasteiger partial charge is 0.315 e. The van der Waals surface area contributed by atoms with Crippen molar-refractivity contribution in [2.45, 2.75) is 51.2 Å². The summed E-state index contributed by atoms with van der Waals surface area (Å²) in [4.78, 5) is 2.63. The molecule has 1 aliphatic rings. The topological polar surface area (TPSA) is 15.3 Å². The highest BCUT2D eigenvalue weighted by atomic mass is 15.2. The summed E-state index contributed by atoms with van der Waals surface area (Å²) in [5.41, 5.74) is 1.43. The van der Waals surface area contributed by atoms with Crippen molar-refractivity contribution in [3.05, 3.63) is 35.9 Å². The summed E-state index contributed by atoms with van der Waals surface area (Å²) in [6.45, 7) is 4.50. The SMILES string of the molecule is CCN(Cc1ccccc1)[C@H]1CCCC[C@H]1NC. The molecule has 0 unspecified atom stereocenters. The molecule has 18 heavy (non-hydrogen) atoms. The predicted molar refractivity (Wildman–Crippen MR) is 77.6 cm³/mol. The van der Waals surface area contributed by atoms with Crippen molar-refractivity contribution in [3.8, 4) is 0 Å². The Labute approximate surface area is 111 Å². The summed E-state index contributed by atoms with van der Waals surface area (Å²) in [5, 5.41) is 3.51. The van der Waals surface area contributed by atoms with Crippen molar-refractivity contribution in [1.82, 2.24) is 10.2 Å². The van der Waals surface area contributed by atoms with Crippen LogP contribution in [0.15, 0.2) is 30.3 Å². The summed E-state index contributed by atoms with van der Waals surface area (Å²) >= 11 is 0. The standard InChI is InChI=1S/C16H26N2/c1-3-18(13-14-9-5-4-6-10-14)16-12-8-7-11-15(16)17-2/h4-6,9-10,15-17H,3,7-8,11-13H2,1-2H3/t15-,16+/m1/s1. The first-order valence-corrected chi connectivity index (χ1v) is 7.30. The Morgan fingerprint density at radius 2 is 1.89 bits per heavy atom. The first kappa shape index (κ1) is 13.6. The van der Waals surface area contributed by atoms with E-state index in [1.165, 1.54) is 31.2 Å². The van der Waals surface area contributed by atoms with Crippen LogP contribution in [-0.4, -0.2) is 30.6 Å². The van der Waals surface area contributed by atoms with E-state index < -0.39 is 0 Å². The van der Waals surface area contributed by atoms with Gasteiger partial charge in [0.1, 0.15) is 0 Å². The molecule has 1 aliphatic carbocycles. The Bertz CT molecular complexity index is 336. The second-order valence-electron chi connectivity index (χ2n) is 5.30. The summed E-state index contributed by atoms with van der Waals surface area (Å²) in [5.74, 6) is 0. The molecule has 2 nitrogen and oxygen atoms in total. The Balaban J connectivity index is 2.03. The average molecular weight is 246 g/mol. The van der Waals surface area contributed by atoms with Crippen molar-refractivity contribution in [2.24, 2.45) is 0 Å². The molecule has 2 rings (SSSR count). The summed E-state index contributed by atoms with van der Waals surface area (Å²) in [6.07, 6.45) is 5.43. The third-order valence-corrected chi connectivity index (χ3v) is 4.20. The molecule has 0 saturated heterocycles. The molecular weight excluding hydrogens is 220 g/mol. The minimum absolute atomic E-state index is 0.669. The number of rotatable bonds is 5. The first-order valence-electron chi connectivity index (χ1n) is 7.30. The van der Waals surface area contributed by atoms with Crippen LogP contribution >= 0.6 is 0 Å². The molecule has 2 heteroatoms. The summed E-state index contributed by atoms with van der Waals surface area (Å²) in [7, 11) is 2.11. The van der Waals surface area contributed by atoms with E-state index in [2.05, 4.69) is 54.5 Å². The minimum atomic E-state index is 0.669. The van der Waals surface area contributed by atoms with Gasteiger partial charge in [-0.15, -0.1) is 0 Å². The molecule has 1 aromatic rings. The van der Waals surface area contributed by atoms with Crippen LogP contribution in [0.25, 0.3) is 0 Å². The minimum Gasteiger partial charge on any atom is -0.315 e. The maximum Gasteiger partial charge on any atom is 0.0252 e. The Kier molecular flexibility index (Phi) is 5.21. The van der Waals surface area contributed by atoms with Gasteiger partial charge in [-0.1, -0.05) is 50.1 Å². The maximum atomic E-state index is 3.51. The number of nitrogens with zero attached hydrogens (tertiary/aromatic N) is 1. The number of hydrogen-bond donors (Lipinski definition) is 1. The number of likely N-dealkylation sites (N-methyl/N-ethyl adjacent to an activating group) is 2. The van der Waals surface area contributed by atoms with Gasteiger partial charge in [0, 0.05) is 18.6 Å². The van der Waals surface area contributed by atoms with Crippen LogP contribution in [0.1, 0.15) is 38.2 Å². The summed E-state index contributed by atoms with van der Waals surface area (Å²) in [6, 6.07) is 12.2. The second kappa shape index (κ2) is 6.91. The van der Waals surface area contributed by atoms with Crippen molar-refractivity contribution in [1.29, 1.82) is 0 Å². The van der Waals surface area contributed by atoms with E-state index in [0.717, 1.165) is 13.1 Å². The molecule has 1 aromatic carbocycles. The highest BCUT2D eigenvalue weighted by molar-refractivity contribution is 5.14. The van der Waals surface area contributed by atoms with E-state index >= 15 is 0 Å². The zero-order valence-electron chi connectivity index (χ0n) is 11.7. The Morgan fingerprint density at radius 3 is 2.56 bits per heavy atom. The van der Waals surface area contributed by atoms with Crippen molar-refractivity contribution in [2.75, 3.05) is 13.6 Å². The van der Waals surface area contributed by atoms with Crippen molar-refractivity contribution >= 4 is 0 Å². The molecule has 0 radical (unpaired) electrons. The molecule has 0 bridgehead atoms. The molecule has 0 amide bonds. The third kappa shape index (κ3) is 3.33. The number of benzene rings is 1. The van der Waals surface area contributed by atoms with E-state index in [1.807, 2.05) is 0 Å². The summed E-state index contributed by atoms with van der Waals surface area (Å²) < 4.78 is 0. The van der Waals surface area contributed by atoms with Gasteiger partial charge >= 0.3 is 0 Å². The Morgan fingerprint density at radius 1 is 1.17 bits per heavy atom. The van der Waals surface area contributed by atoms with Crippen molar-refractivity contribution < 1.29 is 0 Å². The van der Waals surface area contributed by atoms with Gasteiger partial charge in [-0.3, -0.25) is 4.90 Å². The van der Waals surface area contributed by atoms with Gasteiger partial charge in [-0.05, 0) is 32.0 Å². The van der Waals surface area contributed by atoms with E-state index in [-0.39, 0.29) is 0 Å². The lowest BCUT2D eigenvalue weighted by molar-refractivity contribution is 0.124. The predicted octanol–water partition coefficient (Wildman–Crippen LogP) is 3.04. The van der Waals surface area contributed by atoms with Crippen LogP contribution in [0.4, 0.5) is 0 Å². The maximum absolute atomic E-state index is 3.51. The second-order valence-corrected chi connectivity index (χ2v) is 5.30. The number of nitrogens with one attached hydrogen (secondary N) is 1. The lowest BCUT2D eigenvalue weighted by Crippen LogP contribution is -2.50. The average Bonchev–Trinajstić information content (AvgIpc) is 2.46. The molecule has 0 aliphatic heterocycles. The first-order chi connectivity index (χ1) is 8.85. The van der Waals surface area contributed by atoms with Gasteiger partial charge in [-0.2, -0.15) is 0 Å². The van der Waals surface area contributed by atoms with E-state index in [9.17, 15) is 0 Å². The van der Waals surface area contributed by atoms with Gasteiger partial charge in [0.05, 0.1) is 0 Å². The molecule has 1 saturated carbocycles. The molecular formula is C16H26N2. The van der Waals surface area contributed by atoms with Crippen LogP contribution in [0.3, 0.4) is 0 Å². The van der Waals surface area contributed by atoms with Crippen LogP contribution in [0.5, 0.6) is 0 Å². The Hall–Kier alpha value is -0.860. The molecule has 100 valence electrons. The molecule has 0 heterocycles. The van der Waals surface area contributed by atoms with Gasteiger partial charge in [0.15, 0.2) is 0 Å². The van der Waals surface area contributed by atoms with E-state index in [0.29, 0.717) is 12.1 Å². The smallest absolute Gasteiger partial charge is 0.0252 e. The number of hydrogen-bond acceptors (Lipinski definition) is 2. The molecule has 0 aromatic heterocycles. The molecule has 1 N–H and O–H groups in total. The normalized spacial score (nSPS) is 24.4. The van der Waals surface area contributed by atoms with Crippen LogP contribution < -0.4 is 5.32 Å². The van der Waals surface area contributed by atoms with Crippen molar-refractivity contribution in [3.63, 3.8) is 0 Å². The highest BCUT2D eigenvalue weighted by Gasteiger charge is 2.28. The fourth-order valence-corrected chi connectivity index (χ4v) is 3.17. The zero-order chi connectivity index (χ0) is 12.8.